The molecular formula is C26H41N5O3+2. The quantitative estimate of drug-likeness (QED) is 0.236. The number of hydrogen-bond acceptors (Lipinski definition) is 4. The van der Waals surface area contributed by atoms with Gasteiger partial charge in [-0.25, -0.2) is 18.3 Å². The summed E-state index contributed by atoms with van der Waals surface area (Å²) in [4.78, 5) is 2.37. The Kier molecular flexibility index (Phi) is 10.6. The number of imidazole rings is 2. The van der Waals surface area contributed by atoms with Crippen molar-refractivity contribution in [3.05, 3.63) is 66.8 Å². The van der Waals surface area contributed by atoms with E-state index in [2.05, 4.69) is 58.6 Å². The second-order valence-corrected chi connectivity index (χ2v) is 8.75. The van der Waals surface area contributed by atoms with Gasteiger partial charge >= 0.3 is 0 Å². The zero-order chi connectivity index (χ0) is 24.2. The van der Waals surface area contributed by atoms with Crippen molar-refractivity contribution in [2.24, 2.45) is 14.1 Å². The highest BCUT2D eigenvalue weighted by Gasteiger charge is 2.10. The molecule has 0 saturated heterocycles. The summed E-state index contributed by atoms with van der Waals surface area (Å²) in [6.07, 6.45) is 12.3. The summed E-state index contributed by atoms with van der Waals surface area (Å²) in [6.45, 7) is 11.6. The van der Waals surface area contributed by atoms with Crippen LogP contribution in [0, 0.1) is 13.8 Å². The van der Waals surface area contributed by atoms with Gasteiger partial charge in [-0.1, -0.05) is 12.1 Å². The van der Waals surface area contributed by atoms with Gasteiger partial charge in [-0.2, -0.15) is 0 Å². The van der Waals surface area contributed by atoms with E-state index >= 15 is 0 Å². The highest BCUT2D eigenvalue weighted by molar-refractivity contribution is 5.54. The number of nitrogens with zero attached hydrogens (tertiary/aromatic N) is 5. The van der Waals surface area contributed by atoms with Crippen LogP contribution >= 0.6 is 0 Å². The Morgan fingerprint density at radius 2 is 1.26 bits per heavy atom. The molecule has 0 saturated carbocycles. The van der Waals surface area contributed by atoms with E-state index in [9.17, 15) is 0 Å². The maximum absolute atomic E-state index is 5.94. The highest BCUT2D eigenvalue weighted by Crippen LogP contribution is 2.21. The summed E-state index contributed by atoms with van der Waals surface area (Å²) in [5.41, 5.74) is 3.78. The van der Waals surface area contributed by atoms with Crippen molar-refractivity contribution >= 4 is 5.69 Å². The normalized spacial score (nSPS) is 11.3. The Morgan fingerprint density at radius 1 is 0.735 bits per heavy atom. The maximum atomic E-state index is 5.94. The fraction of sp³-hybridized carbons (Fsp3) is 0.538. The maximum Gasteiger partial charge on any atom is 0.243 e. The average molecular weight is 472 g/mol. The zero-order valence-electron chi connectivity index (χ0n) is 21.2. The van der Waals surface area contributed by atoms with Gasteiger partial charge in [0.2, 0.25) is 12.7 Å². The number of ether oxygens (including phenoxy) is 3. The molecular weight excluding hydrogens is 430 g/mol. The van der Waals surface area contributed by atoms with E-state index in [4.69, 9.17) is 14.2 Å². The van der Waals surface area contributed by atoms with E-state index < -0.39 is 0 Å². The van der Waals surface area contributed by atoms with Crippen LogP contribution in [0.1, 0.15) is 11.1 Å². The minimum atomic E-state index is 0.602. The molecule has 2 heterocycles. The Morgan fingerprint density at radius 3 is 1.79 bits per heavy atom. The Labute approximate surface area is 203 Å². The van der Waals surface area contributed by atoms with E-state index in [1.54, 1.807) is 0 Å². The van der Waals surface area contributed by atoms with Crippen LogP contribution in [0.15, 0.2) is 55.6 Å². The van der Waals surface area contributed by atoms with Crippen LogP contribution in [-0.2, 0) is 41.4 Å². The molecule has 0 aliphatic heterocycles. The fourth-order valence-corrected chi connectivity index (χ4v) is 3.79. The third-order valence-electron chi connectivity index (χ3n) is 5.72. The first-order valence-electron chi connectivity index (χ1n) is 12.1. The first-order chi connectivity index (χ1) is 16.5. The van der Waals surface area contributed by atoms with Gasteiger partial charge in [-0.3, -0.25) is 0 Å². The molecule has 8 nitrogen and oxygen atoms in total. The van der Waals surface area contributed by atoms with E-state index in [1.165, 1.54) is 16.8 Å². The van der Waals surface area contributed by atoms with E-state index in [-0.39, 0.29) is 0 Å². The lowest BCUT2D eigenvalue weighted by Crippen LogP contribution is -2.32. The van der Waals surface area contributed by atoms with Gasteiger partial charge in [0.15, 0.2) is 0 Å². The zero-order valence-corrected chi connectivity index (χ0v) is 21.2. The predicted molar refractivity (Wildman–Crippen MR) is 132 cm³/mol. The molecule has 0 spiro atoms. The molecule has 0 bridgehead atoms. The van der Waals surface area contributed by atoms with Crippen LogP contribution in [0.5, 0.6) is 0 Å². The van der Waals surface area contributed by atoms with Crippen LogP contribution in [0.4, 0.5) is 5.69 Å². The monoisotopic (exact) mass is 471 g/mol. The molecule has 0 aliphatic carbocycles. The number of aryl methyl sites for hydroxylation is 4. The van der Waals surface area contributed by atoms with Gasteiger partial charge in [0, 0.05) is 18.8 Å². The fourth-order valence-electron chi connectivity index (χ4n) is 3.79. The van der Waals surface area contributed by atoms with Crippen LogP contribution in [-0.4, -0.2) is 61.9 Å². The van der Waals surface area contributed by atoms with Crippen molar-refractivity contribution < 1.29 is 23.3 Å². The summed E-state index contributed by atoms with van der Waals surface area (Å²) in [5, 5.41) is 0. The molecule has 0 N–H and O–H groups in total. The van der Waals surface area contributed by atoms with Gasteiger partial charge in [0.1, 0.15) is 37.9 Å². The third kappa shape index (κ3) is 8.93. The largest absolute Gasteiger partial charge is 0.377 e. The molecule has 0 unspecified atom stereocenters. The first kappa shape index (κ1) is 25.9. The molecule has 0 amide bonds. The number of benzene rings is 1. The molecule has 0 aliphatic rings. The van der Waals surface area contributed by atoms with Crippen LogP contribution in [0.3, 0.4) is 0 Å². The summed E-state index contributed by atoms with van der Waals surface area (Å²) in [5.74, 6) is 0. The summed E-state index contributed by atoms with van der Waals surface area (Å²) >= 11 is 0. The molecule has 3 rings (SSSR count). The number of anilines is 1. The number of rotatable bonds is 16. The molecule has 0 fully saturated rings. The summed E-state index contributed by atoms with van der Waals surface area (Å²) in [6, 6.07) is 6.59. The van der Waals surface area contributed by atoms with Crippen molar-refractivity contribution in [3.8, 4) is 0 Å². The Bertz CT molecular complexity index is 984. The van der Waals surface area contributed by atoms with Crippen molar-refractivity contribution in [1.29, 1.82) is 0 Å². The lowest BCUT2D eigenvalue weighted by molar-refractivity contribution is -0.671. The first-order valence-corrected chi connectivity index (χ1v) is 12.1. The second kappa shape index (κ2) is 13.9. The van der Waals surface area contributed by atoms with Crippen molar-refractivity contribution in [1.82, 2.24) is 9.13 Å². The molecule has 186 valence electrons. The van der Waals surface area contributed by atoms with Crippen LogP contribution in [0.25, 0.3) is 0 Å². The van der Waals surface area contributed by atoms with E-state index in [0.29, 0.717) is 39.6 Å². The van der Waals surface area contributed by atoms with Crippen LogP contribution in [0.2, 0.25) is 0 Å². The predicted octanol–water partition coefficient (Wildman–Crippen LogP) is 1.81. The standard InChI is InChI=1S/C26H41N5O3/c1-24-5-6-25(2)26(21-24)31(13-17-32-15-11-29-9-7-27(3)22-29)14-18-34-20-19-33-16-12-30-10-8-28(4)23-30/h5-10,21-23H,11-20H2,1-4H3/q+2. The molecule has 3 aromatic rings. The number of hydrogen-bond donors (Lipinski definition) is 0. The van der Waals surface area contributed by atoms with Gasteiger partial charge in [-0.05, 0) is 31.0 Å². The average Bonchev–Trinajstić information content (AvgIpc) is 3.43. The SMILES string of the molecule is Cc1ccc(C)c(N(CCOCCOCCn2cc[n+](C)c2)CCOCCn2cc[n+](C)c2)c1. The lowest BCUT2D eigenvalue weighted by Gasteiger charge is -2.27. The third-order valence-corrected chi connectivity index (χ3v) is 5.72. The molecule has 0 radical (unpaired) electrons. The minimum Gasteiger partial charge on any atom is -0.377 e. The van der Waals surface area contributed by atoms with Crippen molar-refractivity contribution in [2.45, 2.75) is 26.9 Å². The highest BCUT2D eigenvalue weighted by atomic mass is 16.5. The molecule has 2 aromatic heterocycles. The molecule has 34 heavy (non-hydrogen) atoms. The molecule has 1 aromatic carbocycles. The smallest absolute Gasteiger partial charge is 0.243 e. The lowest BCUT2D eigenvalue weighted by atomic mass is 10.1. The van der Waals surface area contributed by atoms with Gasteiger partial charge < -0.3 is 19.1 Å². The topological polar surface area (TPSA) is 48.6 Å². The number of aromatic nitrogens is 4. The van der Waals surface area contributed by atoms with Crippen LogP contribution < -0.4 is 14.0 Å². The van der Waals surface area contributed by atoms with Gasteiger partial charge in [-0.15, -0.1) is 0 Å². The van der Waals surface area contributed by atoms with Crippen molar-refractivity contribution in [2.75, 3.05) is 57.6 Å². The molecule has 0 atom stereocenters. The Balaban J connectivity index is 1.36. The van der Waals surface area contributed by atoms with E-state index in [0.717, 1.165) is 26.2 Å². The summed E-state index contributed by atoms with van der Waals surface area (Å²) in [7, 11) is 4.04. The van der Waals surface area contributed by atoms with E-state index in [1.807, 2.05) is 48.1 Å². The Hall–Kier alpha value is -2.68. The van der Waals surface area contributed by atoms with Gasteiger partial charge in [0.25, 0.3) is 0 Å². The second-order valence-electron chi connectivity index (χ2n) is 8.75. The van der Waals surface area contributed by atoms with Gasteiger partial charge in [0.05, 0.1) is 53.7 Å². The molecule has 8 heteroatoms. The minimum absolute atomic E-state index is 0.602. The van der Waals surface area contributed by atoms with Crippen molar-refractivity contribution in [3.63, 3.8) is 0 Å². The summed E-state index contributed by atoms with van der Waals surface area (Å²) < 4.78 is 25.8.